The number of carboxylic acids is 1. The summed E-state index contributed by atoms with van der Waals surface area (Å²) in [6.45, 7) is 2.39. The van der Waals surface area contributed by atoms with Crippen LogP contribution in [0.3, 0.4) is 0 Å². The Kier molecular flexibility index (Phi) is 8.56. The summed E-state index contributed by atoms with van der Waals surface area (Å²) in [5.74, 6) is -0.517. The van der Waals surface area contributed by atoms with Gasteiger partial charge in [0.05, 0.1) is 12.5 Å². The number of rotatable bonds is 10. The fraction of sp³-hybridized carbons (Fsp3) is 0.538. The van der Waals surface area contributed by atoms with Gasteiger partial charge in [-0.05, 0) is 38.8 Å². The molecule has 2 aromatic rings. The van der Waals surface area contributed by atoms with Crippen LogP contribution in [0.4, 0.5) is 13.2 Å². The maximum absolute atomic E-state index is 14.9. The summed E-state index contributed by atoms with van der Waals surface area (Å²) < 4.78 is 57.2. The third-order valence-electron chi connectivity index (χ3n) is 6.58. The van der Waals surface area contributed by atoms with Gasteiger partial charge >= 0.3 is 5.97 Å². The molecule has 1 N–H and O–H groups in total. The van der Waals surface area contributed by atoms with Gasteiger partial charge in [-0.15, -0.1) is 0 Å². The molecule has 2 aliphatic rings. The highest BCUT2D eigenvalue weighted by Gasteiger charge is 2.30. The first-order valence-corrected chi connectivity index (χ1v) is 12.1. The molecule has 196 valence electrons. The predicted octanol–water partition coefficient (Wildman–Crippen LogP) is 4.14. The van der Waals surface area contributed by atoms with E-state index < -0.39 is 31.2 Å². The monoisotopic (exact) mass is 508 g/mol. The van der Waals surface area contributed by atoms with Crippen molar-refractivity contribution in [3.05, 3.63) is 46.9 Å². The Morgan fingerprint density at radius 3 is 2.83 bits per heavy atom. The highest BCUT2D eigenvalue weighted by atomic mass is 19.1. The van der Waals surface area contributed by atoms with Crippen LogP contribution in [-0.4, -0.2) is 66.7 Å². The van der Waals surface area contributed by atoms with Crippen LogP contribution in [0.25, 0.3) is 0 Å². The summed E-state index contributed by atoms with van der Waals surface area (Å²) in [5.41, 5.74) is 1.80. The normalized spacial score (nSPS) is 20.0. The van der Waals surface area contributed by atoms with Gasteiger partial charge in [-0.3, -0.25) is 4.79 Å². The van der Waals surface area contributed by atoms with Crippen molar-refractivity contribution in [1.29, 1.82) is 0 Å². The average molecular weight is 509 g/mol. The number of likely N-dealkylation sites (tertiary alicyclic amines) is 1. The Morgan fingerprint density at radius 2 is 2.11 bits per heavy atom. The van der Waals surface area contributed by atoms with Crippen LogP contribution < -0.4 is 14.2 Å². The molecule has 1 unspecified atom stereocenters. The second kappa shape index (κ2) is 11.8. The van der Waals surface area contributed by atoms with Crippen molar-refractivity contribution < 1.29 is 37.3 Å². The molecule has 0 saturated carbocycles. The molecule has 4 rings (SSSR count). The van der Waals surface area contributed by atoms with Gasteiger partial charge < -0.3 is 24.2 Å². The van der Waals surface area contributed by atoms with Crippen molar-refractivity contribution in [1.82, 2.24) is 9.88 Å². The summed E-state index contributed by atoms with van der Waals surface area (Å²) >= 11 is 0. The second-order valence-electron chi connectivity index (χ2n) is 9.50. The lowest BCUT2D eigenvalue weighted by Crippen LogP contribution is -2.43. The third-order valence-corrected chi connectivity index (χ3v) is 6.58. The molecule has 1 aromatic heterocycles. The molecule has 2 aliphatic heterocycles. The van der Waals surface area contributed by atoms with Crippen molar-refractivity contribution in [2.75, 3.05) is 39.6 Å². The number of nitrogens with zero attached hydrogens (tertiary/aromatic N) is 2. The molecule has 0 aliphatic carbocycles. The number of hydrogen-bond donors (Lipinski definition) is 1. The van der Waals surface area contributed by atoms with Crippen molar-refractivity contribution in [2.45, 2.75) is 38.9 Å². The fourth-order valence-electron chi connectivity index (χ4n) is 4.71. The van der Waals surface area contributed by atoms with Crippen molar-refractivity contribution in [2.24, 2.45) is 11.8 Å². The van der Waals surface area contributed by atoms with Gasteiger partial charge in [0, 0.05) is 54.0 Å². The van der Waals surface area contributed by atoms with Gasteiger partial charge in [0.2, 0.25) is 5.88 Å². The molecule has 0 bridgehead atoms. The Morgan fingerprint density at radius 1 is 1.31 bits per heavy atom. The lowest BCUT2D eigenvalue weighted by Gasteiger charge is -2.35. The average Bonchev–Trinajstić information content (AvgIpc) is 2.87. The molecule has 0 radical (unpaired) electrons. The quantitative estimate of drug-likeness (QED) is 0.517. The summed E-state index contributed by atoms with van der Waals surface area (Å²) in [5, 5.41) is 9.30. The number of ether oxygens (including phenoxy) is 3. The molecular formula is C26H31F3N2O5. The van der Waals surface area contributed by atoms with Crippen LogP contribution in [0.15, 0.2) is 24.4 Å². The van der Waals surface area contributed by atoms with E-state index in [2.05, 4.69) is 9.88 Å². The molecular weight excluding hydrogens is 477 g/mol. The van der Waals surface area contributed by atoms with E-state index >= 15 is 0 Å². The Labute approximate surface area is 208 Å². The van der Waals surface area contributed by atoms with E-state index in [0.29, 0.717) is 60.7 Å². The molecule has 0 spiro atoms. The Balaban J connectivity index is 1.34. The van der Waals surface area contributed by atoms with Gasteiger partial charge in [-0.2, -0.15) is 0 Å². The van der Waals surface area contributed by atoms with E-state index in [1.165, 1.54) is 12.3 Å². The Hall–Kier alpha value is -3.01. The van der Waals surface area contributed by atoms with Gasteiger partial charge in [0.25, 0.3) is 0 Å². The standard InChI is InChI=1S/C26H31F3N2O5/c1-16-5-17(11-30-25(16)36-21(9-27)10-28)14-34-20-7-23(29)22-6-18(15-35-24(22)8-20)12-31-4-2-3-19(13-31)26(32)33/h5,7-8,11,18-19,21H,2-4,6,9-10,12-15H2,1H3,(H,32,33)/t18?,19-/m1/s1. The topological polar surface area (TPSA) is 81.1 Å². The smallest absolute Gasteiger partial charge is 0.307 e. The van der Waals surface area contributed by atoms with Crippen LogP contribution in [0.2, 0.25) is 0 Å². The lowest BCUT2D eigenvalue weighted by molar-refractivity contribution is -0.143. The zero-order valence-electron chi connectivity index (χ0n) is 20.2. The first-order valence-electron chi connectivity index (χ1n) is 12.1. The second-order valence-corrected chi connectivity index (χ2v) is 9.50. The number of benzene rings is 1. The Bertz CT molecular complexity index is 1070. The first kappa shape index (κ1) is 26.1. The number of carbonyl (C=O) groups is 1. The van der Waals surface area contributed by atoms with Crippen LogP contribution in [0.5, 0.6) is 17.4 Å². The molecule has 1 fully saturated rings. The fourth-order valence-corrected chi connectivity index (χ4v) is 4.71. The molecule has 1 aromatic carbocycles. The minimum atomic E-state index is -1.18. The number of carboxylic acid groups (broad SMARTS) is 1. The number of piperidine rings is 1. The maximum Gasteiger partial charge on any atom is 0.307 e. The SMILES string of the molecule is Cc1cc(COc2cc(F)c3c(c2)OCC(CN2CCC[C@@H](C(=O)O)C2)C3)cnc1OC(CF)CF. The predicted molar refractivity (Wildman–Crippen MR) is 126 cm³/mol. The molecule has 2 atom stereocenters. The number of pyridine rings is 1. The summed E-state index contributed by atoms with van der Waals surface area (Å²) in [6, 6.07) is 4.73. The van der Waals surface area contributed by atoms with E-state index in [1.807, 2.05) is 0 Å². The van der Waals surface area contributed by atoms with Gasteiger partial charge in [-0.1, -0.05) is 0 Å². The summed E-state index contributed by atoms with van der Waals surface area (Å²) in [7, 11) is 0. The highest BCUT2D eigenvalue weighted by molar-refractivity contribution is 5.70. The van der Waals surface area contributed by atoms with Crippen LogP contribution >= 0.6 is 0 Å². The zero-order chi connectivity index (χ0) is 25.7. The van der Waals surface area contributed by atoms with Crippen molar-refractivity contribution in [3.8, 4) is 17.4 Å². The molecule has 0 amide bonds. The number of aromatic nitrogens is 1. The van der Waals surface area contributed by atoms with E-state index in [-0.39, 0.29) is 24.3 Å². The van der Waals surface area contributed by atoms with Gasteiger partial charge in [0.15, 0.2) is 6.10 Å². The number of aryl methyl sites for hydroxylation is 1. The number of fused-ring (bicyclic) bond motifs is 1. The summed E-state index contributed by atoms with van der Waals surface area (Å²) in [6.07, 6.45) is 2.36. The minimum absolute atomic E-state index is 0.0792. The molecule has 1 saturated heterocycles. The largest absolute Gasteiger partial charge is 0.493 e. The van der Waals surface area contributed by atoms with E-state index in [9.17, 15) is 23.1 Å². The maximum atomic E-state index is 14.9. The number of aliphatic carboxylic acids is 1. The van der Waals surface area contributed by atoms with Crippen LogP contribution in [0, 0.1) is 24.6 Å². The molecule has 3 heterocycles. The molecule has 7 nitrogen and oxygen atoms in total. The van der Waals surface area contributed by atoms with Crippen LogP contribution in [-0.2, 0) is 17.8 Å². The third kappa shape index (κ3) is 6.40. The van der Waals surface area contributed by atoms with Gasteiger partial charge in [-0.25, -0.2) is 18.2 Å². The zero-order valence-corrected chi connectivity index (χ0v) is 20.2. The first-order chi connectivity index (χ1) is 17.4. The highest BCUT2D eigenvalue weighted by Crippen LogP contribution is 2.34. The van der Waals surface area contributed by atoms with Crippen LogP contribution in [0.1, 0.15) is 29.5 Å². The molecule has 10 heteroatoms. The van der Waals surface area contributed by atoms with Crippen molar-refractivity contribution in [3.63, 3.8) is 0 Å². The number of halogens is 3. The van der Waals surface area contributed by atoms with Gasteiger partial charge in [0.1, 0.15) is 37.3 Å². The van der Waals surface area contributed by atoms with E-state index in [0.717, 1.165) is 13.0 Å². The summed E-state index contributed by atoms with van der Waals surface area (Å²) in [4.78, 5) is 17.6. The number of hydrogen-bond acceptors (Lipinski definition) is 6. The lowest BCUT2D eigenvalue weighted by atomic mass is 9.93. The molecule has 36 heavy (non-hydrogen) atoms. The van der Waals surface area contributed by atoms with E-state index in [1.54, 1.807) is 19.1 Å². The van der Waals surface area contributed by atoms with E-state index in [4.69, 9.17) is 14.2 Å². The minimum Gasteiger partial charge on any atom is -0.493 e. The number of alkyl halides is 2. The van der Waals surface area contributed by atoms with Crippen molar-refractivity contribution >= 4 is 5.97 Å².